The van der Waals surface area contributed by atoms with Crippen LogP contribution in [0.25, 0.3) is 0 Å². The minimum absolute atomic E-state index is 0.0854. The van der Waals surface area contributed by atoms with E-state index in [-0.39, 0.29) is 31.1 Å². The number of ether oxygens (including phenoxy) is 3. The molecule has 0 saturated heterocycles. The molecule has 1 unspecified atom stereocenters. The van der Waals surface area contributed by atoms with Crippen LogP contribution >= 0.6 is 0 Å². The van der Waals surface area contributed by atoms with Crippen molar-refractivity contribution < 1.29 is 28.6 Å². The van der Waals surface area contributed by atoms with Gasteiger partial charge in [-0.1, -0.05) is 304 Å². The molecule has 0 aromatic carbocycles. The molecule has 0 aliphatic rings. The summed E-state index contributed by atoms with van der Waals surface area (Å²) in [5.41, 5.74) is 0. The first-order chi connectivity index (χ1) is 39.0. The maximum Gasteiger partial charge on any atom is 0.306 e. The predicted octanol–water partition coefficient (Wildman–Crippen LogP) is 23.2. The number of carbonyl (C=O) groups excluding carboxylic acids is 3. The highest BCUT2D eigenvalue weighted by molar-refractivity contribution is 5.71. The molecule has 0 aromatic rings. The fraction of sp³-hybridized carbons (Fsp3) is 0.740. The van der Waals surface area contributed by atoms with Crippen LogP contribution in [0.2, 0.25) is 0 Å². The van der Waals surface area contributed by atoms with Gasteiger partial charge < -0.3 is 14.2 Å². The van der Waals surface area contributed by atoms with Gasteiger partial charge >= 0.3 is 17.9 Å². The first-order valence-corrected chi connectivity index (χ1v) is 33.7. The van der Waals surface area contributed by atoms with Gasteiger partial charge in [0.1, 0.15) is 13.2 Å². The predicted molar refractivity (Wildman–Crippen MR) is 344 cm³/mol. The summed E-state index contributed by atoms with van der Waals surface area (Å²) in [5, 5.41) is 0. The monoisotopic (exact) mass is 1100 g/mol. The highest BCUT2D eigenvalue weighted by Gasteiger charge is 2.19. The standard InChI is InChI=1S/C73H126O6/c1-4-7-10-13-16-19-22-25-28-30-32-33-34-35-36-37-38-39-41-42-45-48-51-54-57-60-63-66-72(75)78-69-70(68-77-71(74)65-62-59-56-53-50-47-44-27-24-21-18-15-12-9-6-3)79-73(76)67-64-61-58-55-52-49-46-43-40-31-29-26-23-20-17-14-11-8-5-2/h7,10,16,19,25,27-28,32-33,35-36,38-39,42,44-45,70H,4-6,8-9,11-15,17-18,20-24,26,29-31,34,37,40-41,43,46-69H2,1-3H3/b10-7-,19-16-,28-25-,33-32-,36-35-,39-38-,44-27-,45-42-. The lowest BCUT2D eigenvalue weighted by atomic mass is 10.0. The third kappa shape index (κ3) is 65.0. The van der Waals surface area contributed by atoms with Crippen LogP contribution in [-0.2, 0) is 28.6 Å². The average Bonchev–Trinajstić information content (AvgIpc) is 3.45. The Hall–Kier alpha value is -3.67. The van der Waals surface area contributed by atoms with E-state index in [4.69, 9.17) is 14.2 Å². The topological polar surface area (TPSA) is 78.9 Å². The van der Waals surface area contributed by atoms with Crippen molar-refractivity contribution in [3.8, 4) is 0 Å². The Morgan fingerprint density at radius 3 is 0.785 bits per heavy atom. The summed E-state index contributed by atoms with van der Waals surface area (Å²) in [6.07, 6.45) is 89.9. The van der Waals surface area contributed by atoms with Crippen LogP contribution in [0.1, 0.15) is 329 Å². The van der Waals surface area contributed by atoms with Gasteiger partial charge in [0, 0.05) is 19.3 Å². The third-order valence-corrected chi connectivity index (χ3v) is 14.6. The molecule has 79 heavy (non-hydrogen) atoms. The van der Waals surface area contributed by atoms with Gasteiger partial charge in [0.15, 0.2) is 6.10 Å². The van der Waals surface area contributed by atoms with Crippen LogP contribution in [0.5, 0.6) is 0 Å². The summed E-state index contributed by atoms with van der Waals surface area (Å²) in [4.78, 5) is 38.4. The quantitative estimate of drug-likeness (QED) is 0.0261. The molecule has 6 heteroatoms. The Bertz CT molecular complexity index is 1540. The molecule has 0 aromatic heterocycles. The summed E-state index contributed by atoms with van der Waals surface area (Å²) in [6.45, 7) is 6.54. The number of hydrogen-bond donors (Lipinski definition) is 0. The molecule has 0 heterocycles. The largest absolute Gasteiger partial charge is 0.462 e. The Morgan fingerprint density at radius 1 is 0.266 bits per heavy atom. The highest BCUT2D eigenvalue weighted by atomic mass is 16.6. The molecule has 0 rings (SSSR count). The van der Waals surface area contributed by atoms with E-state index in [2.05, 4.69) is 118 Å². The SMILES string of the molecule is CC/C=C\C/C=C\C/C=C\C/C=C\C/C=C\C/C=C\C/C=C\CCCCCCCC(=O)OCC(COC(=O)CCCCCCC/C=C\CCCCCCCC)OC(=O)CCCCCCCCCCCCCCCCCCCCC. The lowest BCUT2D eigenvalue weighted by molar-refractivity contribution is -0.167. The Morgan fingerprint density at radius 2 is 0.494 bits per heavy atom. The summed E-state index contributed by atoms with van der Waals surface area (Å²) >= 11 is 0. The van der Waals surface area contributed by atoms with Crippen molar-refractivity contribution in [3.05, 3.63) is 97.2 Å². The van der Waals surface area contributed by atoms with Gasteiger partial charge in [0.25, 0.3) is 0 Å². The zero-order valence-electron chi connectivity index (χ0n) is 52.1. The van der Waals surface area contributed by atoms with Gasteiger partial charge in [0.2, 0.25) is 0 Å². The average molecular weight is 1100 g/mol. The van der Waals surface area contributed by atoms with Crippen LogP contribution in [0.4, 0.5) is 0 Å². The van der Waals surface area contributed by atoms with E-state index >= 15 is 0 Å². The van der Waals surface area contributed by atoms with Crippen LogP contribution in [0, 0.1) is 0 Å². The van der Waals surface area contributed by atoms with Gasteiger partial charge in [-0.05, 0) is 103 Å². The second-order valence-corrected chi connectivity index (χ2v) is 22.4. The van der Waals surface area contributed by atoms with Crippen molar-refractivity contribution in [2.24, 2.45) is 0 Å². The molecule has 0 amide bonds. The third-order valence-electron chi connectivity index (χ3n) is 14.6. The number of unbranched alkanes of at least 4 members (excludes halogenated alkanes) is 34. The maximum absolute atomic E-state index is 12.9. The van der Waals surface area contributed by atoms with Crippen molar-refractivity contribution in [3.63, 3.8) is 0 Å². The molecule has 0 radical (unpaired) electrons. The zero-order chi connectivity index (χ0) is 57.1. The summed E-state index contributed by atoms with van der Waals surface area (Å²) in [5.74, 6) is -0.897. The first-order valence-electron chi connectivity index (χ1n) is 33.7. The van der Waals surface area contributed by atoms with E-state index in [1.54, 1.807) is 0 Å². The molecule has 1 atom stereocenters. The first kappa shape index (κ1) is 75.3. The molecular formula is C73H126O6. The van der Waals surface area contributed by atoms with Gasteiger partial charge in [-0.2, -0.15) is 0 Å². The molecule has 0 N–H and O–H groups in total. The molecule has 6 nitrogen and oxygen atoms in total. The second-order valence-electron chi connectivity index (χ2n) is 22.4. The molecule has 0 fully saturated rings. The summed E-state index contributed by atoms with van der Waals surface area (Å²) in [6, 6.07) is 0. The molecular weight excluding hydrogens is 973 g/mol. The van der Waals surface area contributed by atoms with E-state index in [1.807, 2.05) is 0 Å². The number of rotatable bonds is 61. The van der Waals surface area contributed by atoms with Gasteiger partial charge in [-0.15, -0.1) is 0 Å². The van der Waals surface area contributed by atoms with Crippen molar-refractivity contribution in [1.29, 1.82) is 0 Å². The van der Waals surface area contributed by atoms with E-state index in [9.17, 15) is 14.4 Å². The molecule has 454 valence electrons. The van der Waals surface area contributed by atoms with E-state index < -0.39 is 6.10 Å². The number of hydrogen-bond acceptors (Lipinski definition) is 6. The Labute approximate surface area is 489 Å². The molecule has 0 aliphatic heterocycles. The lowest BCUT2D eigenvalue weighted by Crippen LogP contribution is -2.30. The number of carbonyl (C=O) groups is 3. The normalized spacial score (nSPS) is 12.7. The van der Waals surface area contributed by atoms with E-state index in [0.29, 0.717) is 19.3 Å². The lowest BCUT2D eigenvalue weighted by Gasteiger charge is -2.18. The highest BCUT2D eigenvalue weighted by Crippen LogP contribution is 2.17. The maximum atomic E-state index is 12.9. The molecule has 0 aliphatic carbocycles. The summed E-state index contributed by atoms with van der Waals surface area (Å²) in [7, 11) is 0. The van der Waals surface area contributed by atoms with E-state index in [1.165, 1.54) is 161 Å². The molecule has 0 spiro atoms. The fourth-order valence-electron chi connectivity index (χ4n) is 9.54. The molecule has 0 saturated carbocycles. The summed E-state index contributed by atoms with van der Waals surface area (Å²) < 4.78 is 16.9. The Kier molecular flexibility index (Phi) is 63.7. The zero-order valence-corrected chi connectivity index (χ0v) is 52.1. The van der Waals surface area contributed by atoms with Crippen molar-refractivity contribution in [2.45, 2.75) is 335 Å². The second kappa shape index (κ2) is 66.8. The minimum Gasteiger partial charge on any atom is -0.462 e. The smallest absolute Gasteiger partial charge is 0.306 e. The Balaban J connectivity index is 4.38. The van der Waals surface area contributed by atoms with Crippen molar-refractivity contribution in [2.75, 3.05) is 13.2 Å². The van der Waals surface area contributed by atoms with Gasteiger partial charge in [-0.3, -0.25) is 14.4 Å². The van der Waals surface area contributed by atoms with Crippen LogP contribution < -0.4 is 0 Å². The minimum atomic E-state index is -0.790. The van der Waals surface area contributed by atoms with Gasteiger partial charge in [-0.25, -0.2) is 0 Å². The van der Waals surface area contributed by atoms with Crippen LogP contribution in [0.15, 0.2) is 97.2 Å². The van der Waals surface area contributed by atoms with Crippen LogP contribution in [-0.4, -0.2) is 37.2 Å². The van der Waals surface area contributed by atoms with Gasteiger partial charge in [0.05, 0.1) is 0 Å². The number of allylic oxidation sites excluding steroid dienone is 16. The van der Waals surface area contributed by atoms with Crippen molar-refractivity contribution in [1.82, 2.24) is 0 Å². The molecule has 0 bridgehead atoms. The number of esters is 3. The fourth-order valence-corrected chi connectivity index (χ4v) is 9.54. The van der Waals surface area contributed by atoms with Crippen molar-refractivity contribution >= 4 is 17.9 Å². The van der Waals surface area contributed by atoms with Crippen LogP contribution in [0.3, 0.4) is 0 Å². The van der Waals surface area contributed by atoms with E-state index in [0.717, 1.165) is 128 Å².